The van der Waals surface area contributed by atoms with E-state index in [9.17, 15) is 34.2 Å². The van der Waals surface area contributed by atoms with E-state index in [0.717, 1.165) is 16.2 Å². The number of carbonyl (C=O) groups excluding carboxylic acids is 5. The predicted molar refractivity (Wildman–Crippen MR) is 161 cm³/mol. The van der Waals surface area contributed by atoms with Gasteiger partial charge in [0.15, 0.2) is 41.6 Å². The van der Waals surface area contributed by atoms with Crippen molar-refractivity contribution in [3.63, 3.8) is 0 Å². The molecule has 2 aliphatic rings. The van der Waals surface area contributed by atoms with Crippen LogP contribution in [-0.2, 0) is 35.4 Å². The van der Waals surface area contributed by atoms with Crippen LogP contribution in [0.4, 0.5) is 5.13 Å². The number of aromatic nitrogens is 2. The summed E-state index contributed by atoms with van der Waals surface area (Å²) in [7, 11) is 0. The van der Waals surface area contributed by atoms with Crippen LogP contribution in [0.15, 0.2) is 81.6 Å². The average molecular weight is 685 g/mol. The molecule has 4 heterocycles. The molecular weight excluding hydrogens is 661 g/mol. The van der Waals surface area contributed by atoms with Crippen LogP contribution in [0.1, 0.15) is 17.4 Å². The lowest BCUT2D eigenvalue weighted by molar-refractivity contribution is -0.691. The first-order valence-electron chi connectivity index (χ1n) is 13.3. The summed E-state index contributed by atoms with van der Waals surface area (Å²) in [6, 6.07) is 10.1. The summed E-state index contributed by atoms with van der Waals surface area (Å²) in [5.74, 6) is -4.83. The highest BCUT2D eigenvalue weighted by Gasteiger charge is 2.56. The van der Waals surface area contributed by atoms with Crippen LogP contribution in [0.25, 0.3) is 0 Å². The maximum absolute atomic E-state index is 13.4. The number of rotatable bonds is 13. The number of nitrogens with two attached hydrogens (primary N) is 1. The molecule has 2 aromatic heterocycles. The maximum atomic E-state index is 13.4. The summed E-state index contributed by atoms with van der Waals surface area (Å²) in [6.45, 7) is -0.299. The summed E-state index contributed by atoms with van der Waals surface area (Å²) < 4.78 is 1.43. The molecule has 18 heteroatoms. The van der Waals surface area contributed by atoms with Crippen LogP contribution in [0.3, 0.4) is 0 Å². The Balaban J connectivity index is 1.31. The van der Waals surface area contributed by atoms with Gasteiger partial charge in [0.2, 0.25) is 0 Å². The van der Waals surface area contributed by atoms with Gasteiger partial charge in [0.1, 0.15) is 23.1 Å². The molecule has 46 heavy (non-hydrogen) atoms. The molecule has 0 aliphatic carbocycles. The van der Waals surface area contributed by atoms with Gasteiger partial charge in [0.25, 0.3) is 11.8 Å². The molecule has 15 nitrogen and oxygen atoms in total. The molecule has 1 aromatic carbocycles. The zero-order chi connectivity index (χ0) is 33.0. The fourth-order valence-electron chi connectivity index (χ4n) is 4.56. The highest BCUT2D eigenvalue weighted by atomic mass is 32.2. The molecule has 1 fully saturated rings. The minimum Gasteiger partial charge on any atom is -0.560 e. The van der Waals surface area contributed by atoms with Crippen molar-refractivity contribution >= 4 is 75.4 Å². The van der Waals surface area contributed by atoms with Gasteiger partial charge < -0.3 is 40.8 Å². The van der Waals surface area contributed by atoms with E-state index in [1.54, 1.807) is 42.7 Å². The number of aliphatic carboxylic acids is 2. The molecule has 238 valence electrons. The number of carboxylic acids is 2. The number of amides is 2. The molecule has 0 bridgehead atoms. The van der Waals surface area contributed by atoms with Crippen molar-refractivity contribution in [3.05, 3.63) is 82.8 Å². The second-order valence-electron chi connectivity index (χ2n) is 9.74. The van der Waals surface area contributed by atoms with E-state index in [1.807, 2.05) is 0 Å². The van der Waals surface area contributed by atoms with E-state index in [-0.39, 0.29) is 34.4 Å². The predicted octanol–water partition coefficient (Wildman–Crippen LogP) is -2.33. The van der Waals surface area contributed by atoms with Crippen molar-refractivity contribution in [1.82, 2.24) is 15.2 Å². The van der Waals surface area contributed by atoms with E-state index in [0.29, 0.717) is 11.3 Å². The highest BCUT2D eigenvalue weighted by molar-refractivity contribution is 8.01. The SMILES string of the molecule is Nc1nc(/C(=N\OC(C(=O)[O-])c2ccccc2)C(=O)NC2C(=O)N3C(C(=O)[OH2+])=C(CSc4cc[n+](CC(=O)[O-])cc4)CSC23)cs1. The van der Waals surface area contributed by atoms with E-state index in [4.69, 9.17) is 15.7 Å². The molecule has 2 amide bonds. The van der Waals surface area contributed by atoms with Crippen LogP contribution >= 0.6 is 34.9 Å². The fourth-order valence-corrected chi connectivity index (χ4v) is 7.48. The number of nitrogens with zero attached hydrogens (tertiary/aromatic N) is 4. The second kappa shape index (κ2) is 14.0. The number of hydrogen-bond acceptors (Lipinski definition) is 14. The molecule has 2 aliphatic heterocycles. The number of hydrogen-bond donors (Lipinski definition) is 2. The number of thiazole rings is 1. The van der Waals surface area contributed by atoms with Gasteiger partial charge in [-0.15, -0.1) is 34.9 Å². The Hall–Kier alpha value is -4.94. The monoisotopic (exact) mass is 684 g/mol. The number of thioether (sulfide) groups is 2. The lowest BCUT2D eigenvalue weighted by Crippen LogP contribution is -2.71. The third-order valence-electron chi connectivity index (χ3n) is 6.68. The van der Waals surface area contributed by atoms with Crippen LogP contribution < -0.4 is 25.8 Å². The molecule has 3 unspecified atom stereocenters. The Kier molecular flexibility index (Phi) is 9.88. The van der Waals surface area contributed by atoms with Gasteiger partial charge in [-0.25, -0.2) is 4.98 Å². The summed E-state index contributed by atoms with van der Waals surface area (Å²) in [6.07, 6.45) is 1.49. The number of fused-ring (bicyclic) bond motifs is 1. The van der Waals surface area contributed by atoms with E-state index in [2.05, 4.69) is 15.5 Å². The second-order valence-corrected chi connectivity index (χ2v) is 12.8. The summed E-state index contributed by atoms with van der Waals surface area (Å²) >= 11 is 3.64. The average Bonchev–Trinajstić information content (AvgIpc) is 3.46. The number of pyridine rings is 1. The van der Waals surface area contributed by atoms with E-state index >= 15 is 0 Å². The van der Waals surface area contributed by atoms with Crippen molar-refractivity contribution in [1.29, 1.82) is 0 Å². The van der Waals surface area contributed by atoms with Crippen molar-refractivity contribution in [3.8, 4) is 0 Å². The largest absolute Gasteiger partial charge is 0.565 e. The zero-order valence-electron chi connectivity index (χ0n) is 23.5. The molecule has 0 saturated carbocycles. The molecule has 1 saturated heterocycles. The minimum absolute atomic E-state index is 0.0163. The molecule has 5 rings (SSSR count). The zero-order valence-corrected chi connectivity index (χ0v) is 25.9. The van der Waals surface area contributed by atoms with Crippen LogP contribution in [0.2, 0.25) is 0 Å². The lowest BCUT2D eigenvalue weighted by atomic mass is 10.0. The van der Waals surface area contributed by atoms with Crippen molar-refractivity contribution in [2.24, 2.45) is 5.16 Å². The number of carbonyl (C=O) groups is 5. The number of nitrogens with one attached hydrogen (secondary N) is 1. The van der Waals surface area contributed by atoms with Gasteiger partial charge >= 0.3 is 5.97 Å². The minimum atomic E-state index is -1.65. The number of carboxylic acid groups (broad SMARTS) is 2. The lowest BCUT2D eigenvalue weighted by Gasteiger charge is -2.48. The fraction of sp³-hybridized carbons (Fsp3) is 0.214. The van der Waals surface area contributed by atoms with Crippen molar-refractivity contribution < 1.29 is 48.7 Å². The van der Waals surface area contributed by atoms with Crippen molar-refractivity contribution in [2.75, 3.05) is 17.2 Å². The van der Waals surface area contributed by atoms with Gasteiger partial charge in [0.05, 0.1) is 5.97 Å². The first-order chi connectivity index (χ1) is 22.0. The first kappa shape index (κ1) is 32.5. The van der Waals surface area contributed by atoms with Crippen LogP contribution in [0.5, 0.6) is 0 Å². The van der Waals surface area contributed by atoms with E-state index in [1.165, 1.54) is 50.5 Å². The number of benzene rings is 1. The molecule has 0 radical (unpaired) electrons. The van der Waals surface area contributed by atoms with Crippen LogP contribution in [-0.4, -0.2) is 73.3 Å². The van der Waals surface area contributed by atoms with Crippen LogP contribution in [0, 0.1) is 0 Å². The summed E-state index contributed by atoms with van der Waals surface area (Å²) in [5, 5.41) is 37.6. The molecule has 3 atom stereocenters. The Morgan fingerprint density at radius 1 is 1.20 bits per heavy atom. The highest BCUT2D eigenvalue weighted by Crippen LogP contribution is 2.41. The first-order valence-corrected chi connectivity index (χ1v) is 16.2. The molecule has 3 aromatic rings. The summed E-state index contributed by atoms with van der Waals surface area (Å²) in [4.78, 5) is 72.9. The third kappa shape index (κ3) is 7.13. The Bertz CT molecular complexity index is 1750. The Labute approximate surface area is 272 Å². The smallest absolute Gasteiger partial charge is 0.560 e. The van der Waals surface area contributed by atoms with Gasteiger partial charge in [-0.1, -0.05) is 35.5 Å². The Morgan fingerprint density at radius 2 is 1.91 bits per heavy atom. The standard InChI is InChI=1S/C28H24N6O9S3/c29-28-30-17(13-46-28)19(32-43-22(27(41)42)14-4-2-1-3-5-14)23(37)31-20-24(38)34-21(26(39)40)15(12-45-25(20)34)11-44-16-6-8-33(9-7-16)10-18(35)36/h1-9,13,20,22,25H,10-12H2,(H5-,29,30,31,35,36,37,39,40,41,42)/b32-19+. The van der Waals surface area contributed by atoms with E-state index < -0.39 is 53.0 Å². The van der Waals surface area contributed by atoms with Gasteiger partial charge in [-0.05, 0) is 5.57 Å². The number of oxime groups is 1. The summed E-state index contributed by atoms with van der Waals surface area (Å²) in [5.41, 5.74) is 5.98. The topological polar surface area (TPSA) is 234 Å². The molecular formula is C28H24N6O9S3. The van der Waals surface area contributed by atoms with Gasteiger partial charge in [0, 0.05) is 44.3 Å². The molecule has 0 spiro atoms. The number of β-lactam (4-membered cyclic amide) rings is 1. The maximum Gasteiger partial charge on any atom is 0.565 e. The Morgan fingerprint density at radius 3 is 2.52 bits per heavy atom. The van der Waals surface area contributed by atoms with Gasteiger partial charge in [-0.3, -0.25) is 14.5 Å². The quantitative estimate of drug-likeness (QED) is 0.0482. The van der Waals surface area contributed by atoms with Crippen molar-refractivity contribution in [2.45, 2.75) is 29.0 Å². The third-order valence-corrected chi connectivity index (χ3v) is 9.79. The number of anilines is 1. The number of nitrogen functional groups attached to an aromatic ring is 1. The molecule has 5 N–H and O–H groups in total. The van der Waals surface area contributed by atoms with Gasteiger partial charge in [-0.2, -0.15) is 4.57 Å². The normalized spacial score (nSPS) is 18.3.